The summed E-state index contributed by atoms with van der Waals surface area (Å²) in [6, 6.07) is 15.3. The molecule has 0 radical (unpaired) electrons. The van der Waals surface area contributed by atoms with Gasteiger partial charge in [0.15, 0.2) is 0 Å². The number of carbonyl (C=O) groups excluding carboxylic acids is 2. The van der Waals surface area contributed by atoms with E-state index in [-0.39, 0.29) is 17.9 Å². The number of amides is 2. The second-order valence-corrected chi connectivity index (χ2v) is 6.99. The normalized spacial score (nSPS) is 16.8. The Morgan fingerprint density at radius 1 is 1.12 bits per heavy atom. The quantitative estimate of drug-likeness (QED) is 0.777. The minimum absolute atomic E-state index is 0.0188. The van der Waals surface area contributed by atoms with E-state index in [1.54, 1.807) is 18.2 Å². The van der Waals surface area contributed by atoms with Crippen molar-refractivity contribution in [1.29, 1.82) is 0 Å². The van der Waals surface area contributed by atoms with Crippen LogP contribution in [-0.4, -0.2) is 30.3 Å². The highest BCUT2D eigenvalue weighted by molar-refractivity contribution is 9.10. The van der Waals surface area contributed by atoms with E-state index in [1.807, 2.05) is 25.2 Å². The highest BCUT2D eigenvalue weighted by Gasteiger charge is 2.26. The maximum absolute atomic E-state index is 12.3. The number of likely N-dealkylation sites (N-methyl/N-ethyl adjacent to an activating group) is 1. The van der Waals surface area contributed by atoms with Crippen LogP contribution >= 0.6 is 15.9 Å². The van der Waals surface area contributed by atoms with Crippen LogP contribution in [0.2, 0.25) is 0 Å². The Bertz CT molecular complexity index is 794. The smallest absolute Gasteiger partial charge is 0.270 e. The Balaban J connectivity index is 1.61. The molecule has 0 aliphatic carbocycles. The van der Waals surface area contributed by atoms with E-state index in [4.69, 9.17) is 0 Å². The molecule has 1 unspecified atom stereocenters. The molecule has 3 rings (SSSR count). The number of hydrogen-bond acceptors (Lipinski definition) is 3. The van der Waals surface area contributed by atoms with Crippen molar-refractivity contribution in [2.75, 3.05) is 13.6 Å². The molecule has 2 amide bonds. The number of carbonyl (C=O) groups is 2. The van der Waals surface area contributed by atoms with Crippen molar-refractivity contribution in [2.24, 2.45) is 0 Å². The van der Waals surface area contributed by atoms with E-state index in [0.29, 0.717) is 16.5 Å². The van der Waals surface area contributed by atoms with Crippen molar-refractivity contribution in [3.63, 3.8) is 0 Å². The molecule has 0 aromatic heterocycles. The molecule has 0 bridgehead atoms. The molecular weight excluding hydrogens is 382 g/mol. The van der Waals surface area contributed by atoms with Gasteiger partial charge in [0.2, 0.25) is 5.91 Å². The molecular formula is C19H20BrN3O2. The average Bonchev–Trinajstić information content (AvgIpc) is 2.62. The summed E-state index contributed by atoms with van der Waals surface area (Å²) in [4.78, 5) is 26.7. The first-order valence-electron chi connectivity index (χ1n) is 8.18. The standard InChI is InChI=1S/C19H20BrN3O2/c1-23-11-10-13-6-2-3-7-14(13)17(23)12-18(24)21-22-19(25)15-8-4-5-9-16(15)20/h2-9,17H,10-12H2,1H3,(H,21,24)(H,22,25). The van der Waals surface area contributed by atoms with Crippen LogP contribution in [0.3, 0.4) is 0 Å². The van der Waals surface area contributed by atoms with Crippen LogP contribution in [-0.2, 0) is 11.2 Å². The van der Waals surface area contributed by atoms with Crippen LogP contribution in [0.4, 0.5) is 0 Å². The zero-order valence-corrected chi connectivity index (χ0v) is 15.5. The van der Waals surface area contributed by atoms with Crippen LogP contribution in [0.15, 0.2) is 53.0 Å². The van der Waals surface area contributed by atoms with Crippen molar-refractivity contribution in [2.45, 2.75) is 18.9 Å². The topological polar surface area (TPSA) is 61.4 Å². The molecule has 0 saturated heterocycles. The first-order valence-corrected chi connectivity index (χ1v) is 8.97. The number of nitrogens with zero attached hydrogens (tertiary/aromatic N) is 1. The summed E-state index contributed by atoms with van der Waals surface area (Å²) in [5.41, 5.74) is 7.95. The lowest BCUT2D eigenvalue weighted by molar-refractivity contribution is -0.123. The number of rotatable bonds is 3. The van der Waals surface area contributed by atoms with Crippen molar-refractivity contribution < 1.29 is 9.59 Å². The van der Waals surface area contributed by atoms with Gasteiger partial charge in [-0.3, -0.25) is 25.3 Å². The molecule has 2 aromatic carbocycles. The number of hydrogen-bond donors (Lipinski definition) is 2. The van der Waals surface area contributed by atoms with Crippen LogP contribution < -0.4 is 10.9 Å². The van der Waals surface area contributed by atoms with E-state index >= 15 is 0 Å². The lowest BCUT2D eigenvalue weighted by atomic mass is 9.91. The van der Waals surface area contributed by atoms with Gasteiger partial charge in [-0.15, -0.1) is 0 Å². The molecule has 130 valence electrons. The maximum Gasteiger partial charge on any atom is 0.270 e. The summed E-state index contributed by atoms with van der Waals surface area (Å²) in [5.74, 6) is -0.563. The van der Waals surface area contributed by atoms with E-state index in [2.05, 4.69) is 43.8 Å². The van der Waals surface area contributed by atoms with Gasteiger partial charge in [0, 0.05) is 23.5 Å². The zero-order chi connectivity index (χ0) is 17.8. The monoisotopic (exact) mass is 401 g/mol. The van der Waals surface area contributed by atoms with E-state index < -0.39 is 0 Å². The summed E-state index contributed by atoms with van der Waals surface area (Å²) >= 11 is 3.33. The van der Waals surface area contributed by atoms with Crippen LogP contribution in [0.5, 0.6) is 0 Å². The lowest BCUT2D eigenvalue weighted by Crippen LogP contribution is -2.44. The van der Waals surface area contributed by atoms with Crippen molar-refractivity contribution in [1.82, 2.24) is 15.8 Å². The minimum Gasteiger partial charge on any atom is -0.299 e. The maximum atomic E-state index is 12.3. The molecule has 25 heavy (non-hydrogen) atoms. The van der Waals surface area contributed by atoms with Crippen molar-refractivity contribution in [3.8, 4) is 0 Å². The molecule has 6 heteroatoms. The lowest BCUT2D eigenvalue weighted by Gasteiger charge is -2.34. The summed E-state index contributed by atoms with van der Waals surface area (Å²) in [5, 5.41) is 0. The zero-order valence-electron chi connectivity index (χ0n) is 14.0. The molecule has 2 aromatic rings. The van der Waals surface area contributed by atoms with Crippen molar-refractivity contribution >= 4 is 27.7 Å². The molecule has 1 heterocycles. The highest BCUT2D eigenvalue weighted by atomic mass is 79.9. The van der Waals surface area contributed by atoms with Crippen LogP contribution in [0, 0.1) is 0 Å². The third kappa shape index (κ3) is 4.08. The molecule has 0 spiro atoms. The fraction of sp³-hybridized carbons (Fsp3) is 0.263. The van der Waals surface area contributed by atoms with Gasteiger partial charge < -0.3 is 0 Å². The summed E-state index contributed by atoms with van der Waals surface area (Å²) < 4.78 is 0.683. The van der Waals surface area contributed by atoms with E-state index in [9.17, 15) is 9.59 Å². The Morgan fingerprint density at radius 3 is 2.64 bits per heavy atom. The number of benzene rings is 2. The largest absolute Gasteiger partial charge is 0.299 e. The third-order valence-corrected chi connectivity index (χ3v) is 5.18. The minimum atomic E-state index is -0.349. The van der Waals surface area contributed by atoms with Crippen LogP contribution in [0.25, 0.3) is 0 Å². The molecule has 1 atom stereocenters. The SMILES string of the molecule is CN1CCc2ccccc2C1CC(=O)NNC(=O)c1ccccc1Br. The third-order valence-electron chi connectivity index (χ3n) is 4.49. The number of nitrogens with one attached hydrogen (secondary N) is 2. The second kappa shape index (κ2) is 7.80. The fourth-order valence-corrected chi connectivity index (χ4v) is 3.57. The van der Waals surface area contributed by atoms with Gasteiger partial charge in [-0.1, -0.05) is 36.4 Å². The van der Waals surface area contributed by atoms with E-state index in [0.717, 1.165) is 13.0 Å². The molecule has 0 saturated carbocycles. The molecule has 2 N–H and O–H groups in total. The highest BCUT2D eigenvalue weighted by Crippen LogP contribution is 2.30. The molecule has 5 nitrogen and oxygen atoms in total. The van der Waals surface area contributed by atoms with Gasteiger partial charge in [-0.25, -0.2) is 0 Å². The van der Waals surface area contributed by atoms with Gasteiger partial charge >= 0.3 is 0 Å². The van der Waals surface area contributed by atoms with Crippen LogP contribution in [0.1, 0.15) is 33.9 Å². The Hall–Kier alpha value is -2.18. The van der Waals surface area contributed by atoms with Gasteiger partial charge in [0.05, 0.1) is 5.56 Å². The summed E-state index contributed by atoms with van der Waals surface area (Å²) in [7, 11) is 2.02. The van der Waals surface area contributed by atoms with Gasteiger partial charge in [0.1, 0.15) is 0 Å². The first-order chi connectivity index (χ1) is 12.1. The number of halogens is 1. The fourth-order valence-electron chi connectivity index (χ4n) is 3.11. The number of hydrazine groups is 1. The Kier molecular flexibility index (Phi) is 5.50. The van der Waals surface area contributed by atoms with Gasteiger partial charge in [0.25, 0.3) is 5.91 Å². The van der Waals surface area contributed by atoms with Gasteiger partial charge in [-0.05, 0) is 52.7 Å². The Morgan fingerprint density at radius 2 is 1.84 bits per heavy atom. The summed E-state index contributed by atoms with van der Waals surface area (Å²) in [6.07, 6.45) is 1.29. The van der Waals surface area contributed by atoms with Crippen molar-refractivity contribution in [3.05, 3.63) is 69.7 Å². The molecule has 1 aliphatic heterocycles. The first kappa shape index (κ1) is 17.6. The van der Waals surface area contributed by atoms with Gasteiger partial charge in [-0.2, -0.15) is 0 Å². The van der Waals surface area contributed by atoms with E-state index in [1.165, 1.54) is 11.1 Å². The number of fused-ring (bicyclic) bond motifs is 1. The second-order valence-electron chi connectivity index (χ2n) is 6.13. The average molecular weight is 402 g/mol. The Labute approximate surface area is 155 Å². The molecule has 0 fully saturated rings. The molecule has 1 aliphatic rings. The predicted octanol–water partition coefficient (Wildman–Crippen LogP) is 2.83. The summed E-state index contributed by atoms with van der Waals surface area (Å²) in [6.45, 7) is 0.915. The predicted molar refractivity (Wildman–Crippen MR) is 99.9 cm³/mol.